The SMILES string of the molecule is CN1CCC(C)(C(=O)O)C1.Cl. The summed E-state index contributed by atoms with van der Waals surface area (Å²) in [6.07, 6.45) is 0.777. The average Bonchev–Trinajstić information content (AvgIpc) is 2.13. The normalized spacial score (nSPS) is 31.5. The van der Waals surface area contributed by atoms with Crippen molar-refractivity contribution in [3.63, 3.8) is 0 Å². The van der Waals surface area contributed by atoms with Crippen molar-refractivity contribution >= 4 is 18.4 Å². The molecule has 0 aromatic heterocycles. The monoisotopic (exact) mass is 179 g/mol. The molecule has 0 radical (unpaired) electrons. The molecule has 1 heterocycles. The van der Waals surface area contributed by atoms with Crippen LogP contribution in [0.15, 0.2) is 0 Å². The lowest BCUT2D eigenvalue weighted by Gasteiger charge is -2.16. The van der Waals surface area contributed by atoms with E-state index in [1.165, 1.54) is 0 Å². The number of likely N-dealkylation sites (tertiary alicyclic amines) is 1. The standard InChI is InChI=1S/C7H13NO2.ClH/c1-7(6(9)10)3-4-8(2)5-7;/h3-5H2,1-2H3,(H,9,10);1H. The Morgan fingerprint density at radius 3 is 2.36 bits per heavy atom. The molecule has 4 heteroatoms. The van der Waals surface area contributed by atoms with Crippen molar-refractivity contribution in [1.82, 2.24) is 4.90 Å². The first-order chi connectivity index (χ1) is 4.54. The molecular formula is C7H14ClNO2. The number of rotatable bonds is 1. The fourth-order valence-corrected chi connectivity index (χ4v) is 1.37. The Morgan fingerprint density at radius 2 is 2.18 bits per heavy atom. The van der Waals surface area contributed by atoms with Crippen LogP contribution in [0.4, 0.5) is 0 Å². The van der Waals surface area contributed by atoms with Gasteiger partial charge in [-0.15, -0.1) is 12.4 Å². The maximum atomic E-state index is 10.6. The van der Waals surface area contributed by atoms with Crippen LogP contribution < -0.4 is 0 Å². The number of carboxylic acids is 1. The second-order valence-electron chi connectivity index (χ2n) is 3.35. The van der Waals surface area contributed by atoms with Gasteiger partial charge in [-0.05, 0) is 26.9 Å². The zero-order chi connectivity index (χ0) is 7.78. The van der Waals surface area contributed by atoms with Crippen LogP contribution in [0.25, 0.3) is 0 Å². The molecule has 1 fully saturated rings. The highest BCUT2D eigenvalue weighted by molar-refractivity contribution is 5.85. The van der Waals surface area contributed by atoms with Crippen molar-refractivity contribution in [1.29, 1.82) is 0 Å². The molecule has 0 spiro atoms. The Kier molecular flexibility index (Phi) is 3.32. The van der Waals surface area contributed by atoms with E-state index in [1.807, 2.05) is 11.9 Å². The zero-order valence-corrected chi connectivity index (χ0v) is 7.65. The number of carboxylic acid groups (broad SMARTS) is 1. The van der Waals surface area contributed by atoms with Crippen molar-refractivity contribution in [3.05, 3.63) is 0 Å². The van der Waals surface area contributed by atoms with Crippen molar-refractivity contribution in [2.75, 3.05) is 20.1 Å². The topological polar surface area (TPSA) is 40.5 Å². The molecule has 0 aliphatic carbocycles. The predicted molar refractivity (Wildman–Crippen MR) is 45.1 cm³/mol. The van der Waals surface area contributed by atoms with E-state index in [9.17, 15) is 4.79 Å². The first-order valence-electron chi connectivity index (χ1n) is 3.46. The zero-order valence-electron chi connectivity index (χ0n) is 6.83. The van der Waals surface area contributed by atoms with E-state index in [0.717, 1.165) is 13.0 Å². The highest BCUT2D eigenvalue weighted by Gasteiger charge is 2.38. The highest BCUT2D eigenvalue weighted by atomic mass is 35.5. The fraction of sp³-hybridized carbons (Fsp3) is 0.857. The second-order valence-corrected chi connectivity index (χ2v) is 3.35. The summed E-state index contributed by atoms with van der Waals surface area (Å²) in [5.74, 6) is -0.670. The molecule has 1 rings (SSSR count). The van der Waals surface area contributed by atoms with E-state index in [2.05, 4.69) is 0 Å². The van der Waals surface area contributed by atoms with Crippen LogP contribution in [0, 0.1) is 5.41 Å². The number of nitrogens with zero attached hydrogens (tertiary/aromatic N) is 1. The van der Waals surface area contributed by atoms with Crippen molar-refractivity contribution < 1.29 is 9.90 Å². The molecule has 3 nitrogen and oxygen atoms in total. The van der Waals surface area contributed by atoms with Gasteiger partial charge in [0.25, 0.3) is 0 Å². The summed E-state index contributed by atoms with van der Waals surface area (Å²) in [6, 6.07) is 0. The maximum Gasteiger partial charge on any atom is 0.310 e. The van der Waals surface area contributed by atoms with Crippen LogP contribution in [-0.2, 0) is 4.79 Å². The van der Waals surface area contributed by atoms with Gasteiger partial charge in [-0.3, -0.25) is 4.79 Å². The molecule has 1 unspecified atom stereocenters. The van der Waals surface area contributed by atoms with Gasteiger partial charge in [0.05, 0.1) is 5.41 Å². The lowest BCUT2D eigenvalue weighted by molar-refractivity contribution is -0.147. The molecule has 1 saturated heterocycles. The molecule has 1 aliphatic rings. The lowest BCUT2D eigenvalue weighted by atomic mass is 9.90. The molecule has 0 aromatic carbocycles. The maximum absolute atomic E-state index is 10.6. The summed E-state index contributed by atoms with van der Waals surface area (Å²) in [4.78, 5) is 12.7. The molecule has 0 aromatic rings. The number of carbonyl (C=O) groups is 1. The smallest absolute Gasteiger partial charge is 0.310 e. The molecule has 11 heavy (non-hydrogen) atoms. The second kappa shape index (κ2) is 3.41. The fourth-order valence-electron chi connectivity index (χ4n) is 1.37. The quantitative estimate of drug-likeness (QED) is 0.649. The van der Waals surface area contributed by atoms with Gasteiger partial charge in [-0.1, -0.05) is 0 Å². The number of aliphatic carboxylic acids is 1. The van der Waals surface area contributed by atoms with Gasteiger partial charge in [0.2, 0.25) is 0 Å². The Bertz CT molecular complexity index is 163. The van der Waals surface area contributed by atoms with Crippen LogP contribution in [0.3, 0.4) is 0 Å². The largest absolute Gasteiger partial charge is 0.481 e. The van der Waals surface area contributed by atoms with Crippen LogP contribution >= 0.6 is 12.4 Å². The van der Waals surface area contributed by atoms with Crippen LogP contribution in [-0.4, -0.2) is 36.1 Å². The summed E-state index contributed by atoms with van der Waals surface area (Å²) in [5, 5.41) is 8.76. The van der Waals surface area contributed by atoms with Crippen LogP contribution in [0.1, 0.15) is 13.3 Å². The molecule has 0 saturated carbocycles. The number of hydrogen-bond donors (Lipinski definition) is 1. The van der Waals surface area contributed by atoms with E-state index in [1.54, 1.807) is 6.92 Å². The Labute approximate surface area is 72.8 Å². The van der Waals surface area contributed by atoms with E-state index in [0.29, 0.717) is 6.54 Å². The van der Waals surface area contributed by atoms with Gasteiger partial charge in [0.1, 0.15) is 0 Å². The molecule has 0 bridgehead atoms. The molecule has 0 amide bonds. The Balaban J connectivity index is 0.000001000. The highest BCUT2D eigenvalue weighted by Crippen LogP contribution is 2.28. The van der Waals surface area contributed by atoms with E-state index >= 15 is 0 Å². The minimum Gasteiger partial charge on any atom is -0.481 e. The molecule has 1 N–H and O–H groups in total. The molecule has 1 atom stereocenters. The van der Waals surface area contributed by atoms with E-state index < -0.39 is 11.4 Å². The lowest BCUT2D eigenvalue weighted by Crippen LogP contribution is -2.30. The minimum atomic E-state index is -0.670. The summed E-state index contributed by atoms with van der Waals surface area (Å²) >= 11 is 0. The first-order valence-corrected chi connectivity index (χ1v) is 3.46. The van der Waals surface area contributed by atoms with E-state index in [-0.39, 0.29) is 12.4 Å². The average molecular weight is 180 g/mol. The van der Waals surface area contributed by atoms with Gasteiger partial charge in [-0.2, -0.15) is 0 Å². The summed E-state index contributed by atoms with van der Waals surface area (Å²) in [7, 11) is 1.95. The van der Waals surface area contributed by atoms with Crippen molar-refractivity contribution in [3.8, 4) is 0 Å². The van der Waals surface area contributed by atoms with Gasteiger partial charge in [0, 0.05) is 6.54 Å². The van der Waals surface area contributed by atoms with Gasteiger partial charge < -0.3 is 10.0 Å². The molecule has 1 aliphatic heterocycles. The summed E-state index contributed by atoms with van der Waals surface area (Å²) < 4.78 is 0. The van der Waals surface area contributed by atoms with Crippen LogP contribution in [0.2, 0.25) is 0 Å². The predicted octanol–water partition coefficient (Wildman–Crippen LogP) is 0.835. The van der Waals surface area contributed by atoms with Gasteiger partial charge in [-0.25, -0.2) is 0 Å². The Hall–Kier alpha value is -0.280. The molecule has 66 valence electrons. The van der Waals surface area contributed by atoms with Gasteiger partial charge in [0.15, 0.2) is 0 Å². The van der Waals surface area contributed by atoms with E-state index in [4.69, 9.17) is 5.11 Å². The van der Waals surface area contributed by atoms with Gasteiger partial charge >= 0.3 is 5.97 Å². The minimum absolute atomic E-state index is 0. The van der Waals surface area contributed by atoms with Crippen molar-refractivity contribution in [2.45, 2.75) is 13.3 Å². The first kappa shape index (κ1) is 10.7. The summed E-state index contributed by atoms with van der Waals surface area (Å²) in [5.41, 5.74) is -0.491. The number of hydrogen-bond acceptors (Lipinski definition) is 2. The number of halogens is 1. The molecular weight excluding hydrogens is 166 g/mol. The van der Waals surface area contributed by atoms with Crippen LogP contribution in [0.5, 0.6) is 0 Å². The third kappa shape index (κ3) is 2.07. The Morgan fingerprint density at radius 1 is 1.64 bits per heavy atom. The summed E-state index contributed by atoms with van der Waals surface area (Å²) in [6.45, 7) is 3.39. The third-order valence-electron chi connectivity index (χ3n) is 2.18. The third-order valence-corrected chi connectivity index (χ3v) is 2.18. The van der Waals surface area contributed by atoms with Crippen molar-refractivity contribution in [2.24, 2.45) is 5.41 Å².